The maximum atomic E-state index is 13.9. The van der Waals surface area contributed by atoms with Crippen LogP contribution < -0.4 is 9.47 Å². The molecule has 0 saturated carbocycles. The summed E-state index contributed by atoms with van der Waals surface area (Å²) in [4.78, 5) is 8.52. The zero-order chi connectivity index (χ0) is 41.1. The van der Waals surface area contributed by atoms with Gasteiger partial charge in [-0.25, -0.2) is 23.8 Å². The Kier molecular flexibility index (Phi) is 16.4. The molecule has 2 aromatic rings. The zero-order valence-corrected chi connectivity index (χ0v) is 27.7. The highest BCUT2D eigenvalue weighted by Crippen LogP contribution is 2.56. The van der Waals surface area contributed by atoms with Gasteiger partial charge in [0.05, 0.1) is 38.8 Å². The van der Waals surface area contributed by atoms with Crippen molar-refractivity contribution in [1.82, 2.24) is 9.97 Å². The van der Waals surface area contributed by atoms with Crippen molar-refractivity contribution in [3.63, 3.8) is 0 Å². The highest BCUT2D eigenvalue weighted by molar-refractivity contribution is 5.56. The summed E-state index contributed by atoms with van der Waals surface area (Å²) in [6.45, 7) is -2.23. The molecule has 1 heterocycles. The maximum absolute atomic E-state index is 13.9. The first-order valence-electron chi connectivity index (χ1n) is 15.5. The summed E-state index contributed by atoms with van der Waals surface area (Å²) >= 11 is 0. The molecule has 8 nitrogen and oxygen atoms in total. The van der Waals surface area contributed by atoms with Crippen LogP contribution in [-0.2, 0) is 18.9 Å². The van der Waals surface area contributed by atoms with Gasteiger partial charge in [0.25, 0.3) is 0 Å². The van der Waals surface area contributed by atoms with E-state index in [1.807, 2.05) is 0 Å². The lowest BCUT2D eigenvalue weighted by molar-refractivity contribution is -0.543. The number of aromatic nitrogens is 2. The van der Waals surface area contributed by atoms with Gasteiger partial charge in [-0.15, -0.1) is 0 Å². The largest absolute Gasteiger partial charge is 0.494 e. The third-order valence-electron chi connectivity index (χ3n) is 6.57. The number of hydrogen-bond acceptors (Lipinski definition) is 8. The number of alkyl halides is 16. The molecule has 1 aromatic heterocycles. The first-order chi connectivity index (χ1) is 24.8. The topological polar surface area (TPSA) is 81.2 Å². The van der Waals surface area contributed by atoms with Crippen molar-refractivity contribution >= 4 is 0 Å². The van der Waals surface area contributed by atoms with E-state index in [1.54, 1.807) is 36.7 Å². The lowest BCUT2D eigenvalue weighted by atomic mass is 10.1. The molecule has 0 spiro atoms. The molecule has 1 unspecified atom stereocenters. The smallest absolute Gasteiger partial charge is 0.460 e. The van der Waals surface area contributed by atoms with Crippen LogP contribution in [0.25, 0.3) is 11.4 Å². The van der Waals surface area contributed by atoms with E-state index in [1.165, 1.54) is 4.74 Å². The Hall–Kier alpha value is -3.38. The van der Waals surface area contributed by atoms with E-state index in [4.69, 9.17) is 14.2 Å². The van der Waals surface area contributed by atoms with Gasteiger partial charge in [-0.05, 0) is 30.7 Å². The van der Waals surface area contributed by atoms with Crippen molar-refractivity contribution in [2.24, 2.45) is 0 Å². The van der Waals surface area contributed by atoms with E-state index < -0.39 is 68.4 Å². The van der Waals surface area contributed by atoms with Gasteiger partial charge in [0.2, 0.25) is 0 Å². The number of nitrogens with zero attached hydrogens (tertiary/aromatic N) is 2. The molecular formula is C30H32F16N2O6. The number of unbranched alkanes of at least 4 members (excludes halogenated alkanes) is 3. The van der Waals surface area contributed by atoms with Crippen LogP contribution in [0.2, 0.25) is 0 Å². The van der Waals surface area contributed by atoms with Gasteiger partial charge in [-0.2, -0.15) is 65.9 Å². The zero-order valence-electron chi connectivity index (χ0n) is 27.7. The number of rotatable bonds is 25. The lowest BCUT2D eigenvalue weighted by Gasteiger charge is -2.36. The molecule has 2 rings (SSSR count). The van der Waals surface area contributed by atoms with E-state index in [2.05, 4.69) is 26.4 Å². The lowest BCUT2D eigenvalue weighted by Crippen LogP contribution is -2.64. The number of hydrogen-bond donors (Lipinski definition) is 0. The molecule has 0 aliphatic carbocycles. The van der Waals surface area contributed by atoms with Gasteiger partial charge in [0.15, 0.2) is 11.6 Å². The van der Waals surface area contributed by atoms with E-state index >= 15 is 0 Å². The Morgan fingerprint density at radius 3 is 1.69 bits per heavy atom. The molecule has 310 valence electrons. The van der Waals surface area contributed by atoms with Crippen molar-refractivity contribution in [2.75, 3.05) is 39.6 Å². The van der Waals surface area contributed by atoms with Crippen molar-refractivity contribution in [2.45, 2.75) is 87.7 Å². The van der Waals surface area contributed by atoms with Gasteiger partial charge in [-0.3, -0.25) is 0 Å². The molecule has 0 bridgehead atoms. The summed E-state index contributed by atoms with van der Waals surface area (Å²) in [7, 11) is 0. The summed E-state index contributed by atoms with van der Waals surface area (Å²) in [6.07, 6.45) is -30.3. The molecule has 24 heteroatoms. The number of benzene rings is 1. The first-order valence-corrected chi connectivity index (χ1v) is 15.5. The van der Waals surface area contributed by atoms with Crippen molar-refractivity contribution in [3.8, 4) is 22.9 Å². The average molecular weight is 821 g/mol. The minimum atomic E-state index is -7.96. The summed E-state index contributed by atoms with van der Waals surface area (Å²) in [5.41, 5.74) is 0.673. The summed E-state index contributed by atoms with van der Waals surface area (Å²) in [5.74, 6) is -14.4. The van der Waals surface area contributed by atoms with Crippen molar-refractivity contribution in [1.29, 1.82) is 0 Å². The van der Waals surface area contributed by atoms with E-state index in [0.717, 1.165) is 25.7 Å². The second kappa shape index (κ2) is 19.0. The van der Waals surface area contributed by atoms with Crippen LogP contribution in [0.4, 0.5) is 70.2 Å². The third-order valence-corrected chi connectivity index (χ3v) is 6.57. The predicted molar refractivity (Wildman–Crippen MR) is 152 cm³/mol. The van der Waals surface area contributed by atoms with Crippen molar-refractivity contribution < 1.29 is 98.7 Å². The van der Waals surface area contributed by atoms with E-state index in [0.29, 0.717) is 29.5 Å². The second-order valence-electron chi connectivity index (χ2n) is 11.1. The molecule has 0 N–H and O–H groups in total. The monoisotopic (exact) mass is 820 g/mol. The van der Waals surface area contributed by atoms with Gasteiger partial charge in [0.1, 0.15) is 18.5 Å². The summed E-state index contributed by atoms with van der Waals surface area (Å²) < 4.78 is 233. The fourth-order valence-corrected chi connectivity index (χ4v) is 3.80. The molecule has 1 atom stereocenters. The molecule has 0 amide bonds. The molecule has 1 aromatic carbocycles. The second-order valence-corrected chi connectivity index (χ2v) is 11.1. The Bertz CT molecular complexity index is 1400. The van der Waals surface area contributed by atoms with Crippen LogP contribution in [0.15, 0.2) is 36.7 Å². The van der Waals surface area contributed by atoms with Gasteiger partial charge in [0, 0.05) is 18.6 Å². The molecular weight excluding hydrogens is 788 g/mol. The molecule has 0 aliphatic heterocycles. The van der Waals surface area contributed by atoms with E-state index in [-0.39, 0.29) is 19.6 Å². The predicted octanol–water partition coefficient (Wildman–Crippen LogP) is 9.48. The molecule has 54 heavy (non-hydrogen) atoms. The van der Waals surface area contributed by atoms with Crippen LogP contribution in [0, 0.1) is 0 Å². The quantitative estimate of drug-likeness (QED) is 0.0725. The van der Waals surface area contributed by atoms with Crippen LogP contribution in [0.3, 0.4) is 0 Å². The minimum Gasteiger partial charge on any atom is -0.494 e. The number of halogens is 16. The van der Waals surface area contributed by atoms with Gasteiger partial charge in [-0.1, -0.05) is 26.2 Å². The normalized spacial score (nSPS) is 14.3. The Morgan fingerprint density at radius 2 is 1.11 bits per heavy atom. The third kappa shape index (κ3) is 13.1. The van der Waals surface area contributed by atoms with E-state index in [9.17, 15) is 70.2 Å². The van der Waals surface area contributed by atoms with Crippen LogP contribution in [0.5, 0.6) is 11.5 Å². The van der Waals surface area contributed by atoms with Crippen LogP contribution in [-0.4, -0.2) is 98.2 Å². The highest BCUT2D eigenvalue weighted by Gasteiger charge is 2.85. The Labute approximate surface area is 296 Å². The first kappa shape index (κ1) is 46.8. The standard InChI is InChI=1S/C30H32F16N2O6/c1-2-3-4-5-12-52-22-14-47-23(48-15-22)19-7-9-21(10-8-19)51-13-6-11-49-16-20(31)17-50-18-24(32,33)53-29(43,44)30(45,46)54-28(41,42)26(36,37)25(34,35)27(38,39)40/h7-10,14-15,20H,2-6,11-13,16-18H2,1H3. The fraction of sp³-hybridized carbons (Fsp3) is 0.667. The number of ether oxygens (including phenoxy) is 6. The Balaban J connectivity index is 1.72. The van der Waals surface area contributed by atoms with Crippen LogP contribution in [0.1, 0.15) is 39.0 Å². The minimum absolute atomic E-state index is 0.0496. The summed E-state index contributed by atoms with van der Waals surface area (Å²) in [6, 6.07) is 6.59. The Morgan fingerprint density at radius 1 is 0.574 bits per heavy atom. The molecule has 0 fully saturated rings. The highest BCUT2D eigenvalue weighted by atomic mass is 19.4. The van der Waals surface area contributed by atoms with Gasteiger partial charge >= 0.3 is 42.5 Å². The van der Waals surface area contributed by atoms with Crippen LogP contribution >= 0.6 is 0 Å². The maximum Gasteiger partial charge on any atom is 0.460 e. The van der Waals surface area contributed by atoms with Crippen molar-refractivity contribution in [3.05, 3.63) is 36.7 Å². The van der Waals surface area contributed by atoms with Gasteiger partial charge < -0.3 is 18.9 Å². The average Bonchev–Trinajstić information content (AvgIpc) is 3.05. The SMILES string of the molecule is CCCCCCOc1cnc(-c2ccc(OCCCOCC(F)COCC(F)(F)OC(F)(F)C(F)(F)OC(F)(F)C(F)(F)C(F)(F)C(F)(F)F)cc2)nc1. The fourth-order valence-electron chi connectivity index (χ4n) is 3.80. The molecule has 0 saturated heterocycles. The summed E-state index contributed by atoms with van der Waals surface area (Å²) in [5, 5.41) is 0. The molecule has 0 aliphatic rings. The molecule has 0 radical (unpaired) electrons.